The van der Waals surface area contributed by atoms with E-state index in [1.807, 2.05) is 25.1 Å². The zero-order valence-electron chi connectivity index (χ0n) is 12.9. The molecule has 2 heterocycles. The fraction of sp³-hybridized carbons (Fsp3) is 0.353. The molecule has 1 amide bonds. The van der Waals surface area contributed by atoms with Gasteiger partial charge in [-0.2, -0.15) is 0 Å². The predicted octanol–water partition coefficient (Wildman–Crippen LogP) is 2.57. The molecular weight excluding hydrogens is 312 g/mol. The van der Waals surface area contributed by atoms with E-state index in [1.54, 1.807) is 22.5 Å². The molecule has 1 aromatic heterocycles. The van der Waals surface area contributed by atoms with Crippen molar-refractivity contribution in [3.05, 3.63) is 52.0 Å². The molecule has 1 aliphatic heterocycles. The van der Waals surface area contributed by atoms with E-state index in [4.69, 9.17) is 4.74 Å². The largest absolute Gasteiger partial charge is 0.377 e. The minimum absolute atomic E-state index is 0.0277. The van der Waals surface area contributed by atoms with Gasteiger partial charge in [-0.05, 0) is 6.92 Å². The molecule has 23 heavy (non-hydrogen) atoms. The summed E-state index contributed by atoms with van der Waals surface area (Å²) in [6, 6.07) is 8.92. The van der Waals surface area contributed by atoms with Crippen molar-refractivity contribution in [2.45, 2.75) is 19.4 Å². The van der Waals surface area contributed by atoms with Crippen LogP contribution >= 0.6 is 11.3 Å². The first kappa shape index (κ1) is 15.8. The van der Waals surface area contributed by atoms with E-state index >= 15 is 0 Å². The van der Waals surface area contributed by atoms with Gasteiger partial charge in [0.05, 0.1) is 30.5 Å². The van der Waals surface area contributed by atoms with Gasteiger partial charge in [0.15, 0.2) is 5.78 Å². The Balaban J connectivity index is 1.75. The van der Waals surface area contributed by atoms with Crippen molar-refractivity contribution >= 4 is 23.0 Å². The van der Waals surface area contributed by atoms with Gasteiger partial charge < -0.3 is 9.64 Å². The van der Waals surface area contributed by atoms with Crippen molar-refractivity contribution in [2.24, 2.45) is 0 Å². The highest BCUT2D eigenvalue weighted by atomic mass is 32.1. The van der Waals surface area contributed by atoms with Gasteiger partial charge in [-0.15, -0.1) is 11.3 Å². The second-order valence-electron chi connectivity index (χ2n) is 5.49. The number of aryl methyl sites for hydroxylation is 1. The first-order chi connectivity index (χ1) is 11.2. The van der Waals surface area contributed by atoms with Gasteiger partial charge in [-0.1, -0.05) is 30.3 Å². The molecule has 0 spiro atoms. The van der Waals surface area contributed by atoms with Crippen LogP contribution < -0.4 is 0 Å². The predicted molar refractivity (Wildman–Crippen MR) is 87.9 cm³/mol. The normalized spacial score (nSPS) is 18.0. The van der Waals surface area contributed by atoms with E-state index in [-0.39, 0.29) is 24.2 Å². The number of aromatic nitrogens is 1. The number of carbonyl (C=O) groups excluding carboxylic acids is 2. The molecule has 1 atom stereocenters. The first-order valence-corrected chi connectivity index (χ1v) is 8.42. The summed E-state index contributed by atoms with van der Waals surface area (Å²) < 4.78 is 5.49. The average Bonchev–Trinajstić information content (AvgIpc) is 3.01. The quantitative estimate of drug-likeness (QED) is 0.809. The second kappa shape index (κ2) is 7.02. The molecule has 1 fully saturated rings. The van der Waals surface area contributed by atoms with Crippen LogP contribution in [-0.4, -0.2) is 47.4 Å². The molecule has 1 aromatic carbocycles. The lowest BCUT2D eigenvalue weighted by atomic mass is 10.0. The van der Waals surface area contributed by atoms with Crippen LogP contribution in [0, 0.1) is 6.92 Å². The summed E-state index contributed by atoms with van der Waals surface area (Å²) in [5.74, 6) is -0.0286. The molecule has 1 aliphatic rings. The van der Waals surface area contributed by atoms with E-state index in [2.05, 4.69) is 4.98 Å². The van der Waals surface area contributed by atoms with Gasteiger partial charge in [0.1, 0.15) is 4.88 Å². The van der Waals surface area contributed by atoms with E-state index in [9.17, 15) is 9.59 Å². The first-order valence-electron chi connectivity index (χ1n) is 7.54. The number of benzene rings is 1. The Kier molecular flexibility index (Phi) is 4.83. The van der Waals surface area contributed by atoms with Gasteiger partial charge >= 0.3 is 0 Å². The van der Waals surface area contributed by atoms with E-state index in [1.165, 1.54) is 11.3 Å². The third-order valence-electron chi connectivity index (χ3n) is 3.94. The fourth-order valence-electron chi connectivity index (χ4n) is 2.68. The lowest BCUT2D eigenvalue weighted by Crippen LogP contribution is -2.49. The van der Waals surface area contributed by atoms with Crippen LogP contribution in [-0.2, 0) is 4.74 Å². The molecule has 120 valence electrons. The molecule has 0 radical (unpaired) electrons. The van der Waals surface area contributed by atoms with Gasteiger partial charge in [0, 0.05) is 18.5 Å². The number of hydrogen-bond donors (Lipinski definition) is 0. The molecule has 6 heteroatoms. The van der Waals surface area contributed by atoms with Crippen LogP contribution in [0.2, 0.25) is 0 Å². The molecule has 3 rings (SSSR count). The Morgan fingerprint density at radius 1 is 1.35 bits per heavy atom. The van der Waals surface area contributed by atoms with Gasteiger partial charge in [-0.25, -0.2) is 4.98 Å². The average molecular weight is 330 g/mol. The molecule has 0 saturated carbocycles. The summed E-state index contributed by atoms with van der Waals surface area (Å²) in [5.41, 5.74) is 3.08. The van der Waals surface area contributed by atoms with E-state index in [0.29, 0.717) is 30.2 Å². The van der Waals surface area contributed by atoms with Crippen molar-refractivity contribution in [3.63, 3.8) is 0 Å². The zero-order chi connectivity index (χ0) is 16.2. The topological polar surface area (TPSA) is 59.5 Å². The maximum atomic E-state index is 12.7. The molecule has 1 saturated heterocycles. The Morgan fingerprint density at radius 2 is 2.13 bits per heavy atom. The van der Waals surface area contributed by atoms with Crippen LogP contribution in [0.4, 0.5) is 0 Å². The highest BCUT2D eigenvalue weighted by Gasteiger charge is 2.31. The Hall–Kier alpha value is -2.05. The molecule has 0 N–H and O–H groups in total. The minimum Gasteiger partial charge on any atom is -0.377 e. The summed E-state index contributed by atoms with van der Waals surface area (Å²) in [5, 5.41) is 0. The SMILES string of the molecule is Cc1ncsc1C(=O)N1CCOCC1CC(=O)c1ccccc1. The zero-order valence-corrected chi connectivity index (χ0v) is 13.7. The highest BCUT2D eigenvalue weighted by molar-refractivity contribution is 7.11. The fourth-order valence-corrected chi connectivity index (χ4v) is 3.44. The third kappa shape index (κ3) is 3.48. The monoisotopic (exact) mass is 330 g/mol. The number of ketones is 1. The van der Waals surface area contributed by atoms with Crippen LogP contribution in [0.5, 0.6) is 0 Å². The number of ether oxygens (including phenoxy) is 1. The summed E-state index contributed by atoms with van der Waals surface area (Å²) >= 11 is 1.34. The number of thiazole rings is 1. The van der Waals surface area contributed by atoms with Crippen LogP contribution in [0.3, 0.4) is 0 Å². The van der Waals surface area contributed by atoms with E-state index < -0.39 is 0 Å². The van der Waals surface area contributed by atoms with Crippen LogP contribution in [0.1, 0.15) is 32.1 Å². The lowest BCUT2D eigenvalue weighted by Gasteiger charge is -2.35. The van der Waals surface area contributed by atoms with Crippen molar-refractivity contribution in [3.8, 4) is 0 Å². The van der Waals surface area contributed by atoms with Crippen LogP contribution in [0.15, 0.2) is 35.8 Å². The molecule has 0 bridgehead atoms. The summed E-state index contributed by atoms with van der Waals surface area (Å²) in [6.45, 7) is 3.22. The molecule has 5 nitrogen and oxygen atoms in total. The number of carbonyl (C=O) groups is 2. The number of hydrogen-bond acceptors (Lipinski definition) is 5. The Bertz CT molecular complexity index is 699. The van der Waals surface area contributed by atoms with E-state index in [0.717, 1.165) is 5.69 Å². The maximum Gasteiger partial charge on any atom is 0.266 e. The number of morpholine rings is 1. The smallest absolute Gasteiger partial charge is 0.266 e. The van der Waals surface area contributed by atoms with Crippen molar-refractivity contribution < 1.29 is 14.3 Å². The highest BCUT2D eigenvalue weighted by Crippen LogP contribution is 2.21. The standard InChI is InChI=1S/C17H18N2O3S/c1-12-16(23-11-18-12)17(21)19-7-8-22-10-14(19)9-15(20)13-5-3-2-4-6-13/h2-6,11,14H,7-10H2,1H3. The van der Waals surface area contributed by atoms with Crippen molar-refractivity contribution in [2.75, 3.05) is 19.8 Å². The lowest BCUT2D eigenvalue weighted by molar-refractivity contribution is -0.00260. The van der Waals surface area contributed by atoms with Gasteiger partial charge in [0.2, 0.25) is 0 Å². The third-order valence-corrected chi connectivity index (χ3v) is 4.86. The summed E-state index contributed by atoms with van der Waals surface area (Å²) in [6.07, 6.45) is 0.271. The molecule has 2 aromatic rings. The number of Topliss-reactive ketones (excluding diaryl/α,β-unsaturated/α-hetero) is 1. The number of rotatable bonds is 4. The van der Waals surface area contributed by atoms with Gasteiger partial charge in [-0.3, -0.25) is 9.59 Å². The molecule has 0 aliphatic carbocycles. The Morgan fingerprint density at radius 3 is 2.83 bits per heavy atom. The molecular formula is C17H18N2O3S. The molecule has 1 unspecified atom stereocenters. The number of amides is 1. The second-order valence-corrected chi connectivity index (χ2v) is 6.34. The van der Waals surface area contributed by atoms with Crippen molar-refractivity contribution in [1.29, 1.82) is 0 Å². The van der Waals surface area contributed by atoms with Gasteiger partial charge in [0.25, 0.3) is 5.91 Å². The summed E-state index contributed by atoms with van der Waals surface area (Å²) in [7, 11) is 0. The maximum absolute atomic E-state index is 12.7. The van der Waals surface area contributed by atoms with Crippen molar-refractivity contribution in [1.82, 2.24) is 9.88 Å². The summed E-state index contributed by atoms with van der Waals surface area (Å²) in [4.78, 5) is 31.7. The Labute approximate surface area is 138 Å². The minimum atomic E-state index is -0.231. The van der Waals surface area contributed by atoms with Crippen LogP contribution in [0.25, 0.3) is 0 Å². The number of nitrogens with zero attached hydrogens (tertiary/aromatic N) is 2.